The first-order chi connectivity index (χ1) is 12.3. The van der Waals surface area contributed by atoms with Gasteiger partial charge in [0.1, 0.15) is 12.1 Å². The largest absolute Gasteiger partial charge is 0.354 e. The second-order valence-electron chi connectivity index (χ2n) is 6.86. The van der Waals surface area contributed by atoms with Crippen LogP contribution >= 0.6 is 0 Å². The van der Waals surface area contributed by atoms with Crippen molar-refractivity contribution in [1.29, 1.82) is 0 Å². The maximum absolute atomic E-state index is 4.36. The van der Waals surface area contributed by atoms with E-state index in [1.165, 1.54) is 16.3 Å². The van der Waals surface area contributed by atoms with Crippen LogP contribution in [-0.4, -0.2) is 47.6 Å². The Hall–Kier alpha value is -2.46. The molecule has 0 saturated carbocycles. The van der Waals surface area contributed by atoms with Crippen molar-refractivity contribution in [3.05, 3.63) is 66.6 Å². The average Bonchev–Trinajstić information content (AvgIpc) is 2.69. The van der Waals surface area contributed by atoms with Gasteiger partial charge < -0.3 is 4.90 Å². The van der Waals surface area contributed by atoms with Crippen LogP contribution in [0, 0.1) is 0 Å². The molecule has 1 saturated heterocycles. The van der Waals surface area contributed by atoms with E-state index >= 15 is 0 Å². The van der Waals surface area contributed by atoms with Crippen LogP contribution in [-0.2, 0) is 0 Å². The van der Waals surface area contributed by atoms with Crippen LogP contribution in [0.5, 0.6) is 0 Å². The van der Waals surface area contributed by atoms with Crippen molar-refractivity contribution in [2.24, 2.45) is 0 Å². The smallest absolute Gasteiger partial charge is 0.131 e. The summed E-state index contributed by atoms with van der Waals surface area (Å²) >= 11 is 0. The zero-order valence-corrected chi connectivity index (χ0v) is 14.7. The van der Waals surface area contributed by atoms with Gasteiger partial charge in [0.05, 0.1) is 0 Å². The summed E-state index contributed by atoms with van der Waals surface area (Å²) in [4.78, 5) is 13.3. The van der Waals surface area contributed by atoms with Crippen molar-refractivity contribution in [3.8, 4) is 0 Å². The molecular formula is C21H24N4. The minimum absolute atomic E-state index is 0.537. The Bertz CT molecular complexity index is 825. The number of nitrogens with zero attached hydrogens (tertiary/aromatic N) is 4. The minimum atomic E-state index is 0.537. The predicted octanol–water partition coefficient (Wildman–Crippen LogP) is 3.56. The molecule has 1 aliphatic heterocycles. The maximum Gasteiger partial charge on any atom is 0.131 e. The van der Waals surface area contributed by atoms with E-state index in [4.69, 9.17) is 0 Å². The molecule has 0 radical (unpaired) electrons. The minimum Gasteiger partial charge on any atom is -0.354 e. The third kappa shape index (κ3) is 3.64. The standard InChI is InChI=1S/C21H24N4/c1-17(19-7-6-18-4-2-3-5-20(18)14-19)15-24-10-12-25(13-11-24)21-8-9-22-16-23-21/h2-9,14,16-17H,10-13,15H2,1H3. The van der Waals surface area contributed by atoms with Gasteiger partial charge in [-0.2, -0.15) is 0 Å². The molecule has 0 amide bonds. The highest BCUT2D eigenvalue weighted by atomic mass is 15.3. The van der Waals surface area contributed by atoms with E-state index in [1.54, 1.807) is 6.33 Å². The number of rotatable bonds is 4. The van der Waals surface area contributed by atoms with Gasteiger partial charge in [0.15, 0.2) is 0 Å². The van der Waals surface area contributed by atoms with E-state index in [-0.39, 0.29) is 0 Å². The number of aromatic nitrogens is 2. The number of anilines is 1. The normalized spacial score (nSPS) is 16.9. The average molecular weight is 332 g/mol. The Labute approximate surface area is 149 Å². The van der Waals surface area contributed by atoms with E-state index in [0.717, 1.165) is 38.5 Å². The number of benzene rings is 2. The molecule has 4 nitrogen and oxygen atoms in total. The Kier molecular flexibility index (Phi) is 4.61. The van der Waals surface area contributed by atoms with E-state index < -0.39 is 0 Å². The summed E-state index contributed by atoms with van der Waals surface area (Å²) in [6, 6.07) is 17.5. The fraction of sp³-hybridized carbons (Fsp3) is 0.333. The van der Waals surface area contributed by atoms with E-state index in [2.05, 4.69) is 69.2 Å². The number of fused-ring (bicyclic) bond motifs is 1. The zero-order chi connectivity index (χ0) is 17.1. The van der Waals surface area contributed by atoms with Gasteiger partial charge in [-0.25, -0.2) is 9.97 Å². The first-order valence-corrected chi connectivity index (χ1v) is 9.01. The molecular weight excluding hydrogens is 308 g/mol. The van der Waals surface area contributed by atoms with Crippen LogP contribution in [0.15, 0.2) is 61.1 Å². The van der Waals surface area contributed by atoms with Gasteiger partial charge in [-0.05, 0) is 28.3 Å². The third-order valence-electron chi connectivity index (χ3n) is 5.14. The second kappa shape index (κ2) is 7.19. The first kappa shape index (κ1) is 16.0. The highest BCUT2D eigenvalue weighted by Gasteiger charge is 2.20. The predicted molar refractivity (Wildman–Crippen MR) is 103 cm³/mol. The van der Waals surface area contributed by atoms with Crippen molar-refractivity contribution in [2.45, 2.75) is 12.8 Å². The molecule has 3 aromatic rings. The van der Waals surface area contributed by atoms with Crippen LogP contribution in [0.25, 0.3) is 10.8 Å². The lowest BCUT2D eigenvalue weighted by Gasteiger charge is -2.36. The molecule has 2 aromatic carbocycles. The summed E-state index contributed by atoms with van der Waals surface area (Å²) in [6.07, 6.45) is 3.44. The molecule has 4 rings (SSSR count). The molecule has 0 bridgehead atoms. The van der Waals surface area contributed by atoms with Crippen LogP contribution in [0.1, 0.15) is 18.4 Å². The van der Waals surface area contributed by atoms with E-state index in [9.17, 15) is 0 Å². The molecule has 1 unspecified atom stereocenters. The van der Waals surface area contributed by atoms with Gasteiger partial charge in [-0.1, -0.05) is 49.4 Å². The molecule has 1 atom stereocenters. The maximum atomic E-state index is 4.36. The molecule has 25 heavy (non-hydrogen) atoms. The fourth-order valence-electron chi connectivity index (χ4n) is 3.64. The van der Waals surface area contributed by atoms with Crippen molar-refractivity contribution in [1.82, 2.24) is 14.9 Å². The van der Waals surface area contributed by atoms with Crippen LogP contribution in [0.4, 0.5) is 5.82 Å². The summed E-state index contributed by atoms with van der Waals surface area (Å²) < 4.78 is 0. The van der Waals surface area contributed by atoms with Gasteiger partial charge in [-0.15, -0.1) is 0 Å². The van der Waals surface area contributed by atoms with Crippen LogP contribution in [0.2, 0.25) is 0 Å². The summed E-state index contributed by atoms with van der Waals surface area (Å²) in [6.45, 7) is 7.67. The Morgan fingerprint density at radius 3 is 2.52 bits per heavy atom. The Morgan fingerprint density at radius 2 is 1.76 bits per heavy atom. The van der Waals surface area contributed by atoms with Gasteiger partial charge in [-0.3, -0.25) is 4.90 Å². The summed E-state index contributed by atoms with van der Waals surface area (Å²) in [5, 5.41) is 2.65. The zero-order valence-electron chi connectivity index (χ0n) is 14.7. The number of piperazine rings is 1. The lowest BCUT2D eigenvalue weighted by Crippen LogP contribution is -2.47. The summed E-state index contributed by atoms with van der Waals surface area (Å²) in [7, 11) is 0. The van der Waals surface area contributed by atoms with Crippen LogP contribution < -0.4 is 4.90 Å². The Balaban J connectivity index is 1.37. The molecule has 0 N–H and O–H groups in total. The highest BCUT2D eigenvalue weighted by molar-refractivity contribution is 5.83. The molecule has 1 aliphatic rings. The lowest BCUT2D eigenvalue weighted by atomic mass is 9.97. The van der Waals surface area contributed by atoms with E-state index in [1.807, 2.05) is 12.3 Å². The molecule has 1 aromatic heterocycles. The molecule has 0 spiro atoms. The molecule has 0 aliphatic carbocycles. The third-order valence-corrected chi connectivity index (χ3v) is 5.14. The van der Waals surface area contributed by atoms with Gasteiger partial charge in [0.2, 0.25) is 0 Å². The molecule has 1 fully saturated rings. The van der Waals surface area contributed by atoms with Gasteiger partial charge in [0, 0.05) is 38.9 Å². The SMILES string of the molecule is CC(CN1CCN(c2ccncn2)CC1)c1ccc2ccccc2c1. The molecule has 2 heterocycles. The second-order valence-corrected chi connectivity index (χ2v) is 6.86. The molecule has 128 valence electrons. The quantitative estimate of drug-likeness (QED) is 0.731. The fourth-order valence-corrected chi connectivity index (χ4v) is 3.64. The number of hydrogen-bond acceptors (Lipinski definition) is 4. The van der Waals surface area contributed by atoms with Crippen molar-refractivity contribution >= 4 is 16.6 Å². The topological polar surface area (TPSA) is 32.3 Å². The molecule has 4 heteroatoms. The van der Waals surface area contributed by atoms with Gasteiger partial charge in [0.25, 0.3) is 0 Å². The van der Waals surface area contributed by atoms with Crippen molar-refractivity contribution in [2.75, 3.05) is 37.6 Å². The number of hydrogen-bond donors (Lipinski definition) is 0. The highest BCUT2D eigenvalue weighted by Crippen LogP contribution is 2.23. The summed E-state index contributed by atoms with van der Waals surface area (Å²) in [5.41, 5.74) is 1.43. The van der Waals surface area contributed by atoms with Gasteiger partial charge >= 0.3 is 0 Å². The van der Waals surface area contributed by atoms with Crippen molar-refractivity contribution in [3.63, 3.8) is 0 Å². The van der Waals surface area contributed by atoms with Crippen molar-refractivity contribution < 1.29 is 0 Å². The lowest BCUT2D eigenvalue weighted by molar-refractivity contribution is 0.245. The first-order valence-electron chi connectivity index (χ1n) is 9.01. The van der Waals surface area contributed by atoms with Crippen LogP contribution in [0.3, 0.4) is 0 Å². The van der Waals surface area contributed by atoms with E-state index in [0.29, 0.717) is 5.92 Å². The summed E-state index contributed by atoms with van der Waals surface area (Å²) in [5.74, 6) is 1.58. The Morgan fingerprint density at radius 1 is 0.960 bits per heavy atom. The monoisotopic (exact) mass is 332 g/mol.